The molecular weight excluding hydrogens is 176 g/mol. The molecule has 0 radical (unpaired) electrons. The second kappa shape index (κ2) is 3.08. The predicted molar refractivity (Wildman–Crippen MR) is 54.4 cm³/mol. The topological polar surface area (TPSA) is 24.3 Å². The van der Waals surface area contributed by atoms with E-state index in [-0.39, 0.29) is 0 Å². The molecule has 1 N–H and O–H groups in total. The Kier molecular flexibility index (Phi) is 1.76. The number of rotatable bonds is 1. The predicted octanol–water partition coefficient (Wildman–Crippen LogP) is 0.977. The Morgan fingerprint density at radius 1 is 1.36 bits per heavy atom. The van der Waals surface area contributed by atoms with Crippen LogP contribution in [0.2, 0.25) is 0 Å². The molecule has 0 amide bonds. The zero-order valence-corrected chi connectivity index (χ0v) is 8.12. The Labute approximate surface area is 83.7 Å². The van der Waals surface area contributed by atoms with E-state index in [1.165, 1.54) is 24.5 Å². The summed E-state index contributed by atoms with van der Waals surface area (Å²) in [6.45, 7) is 4.05. The van der Waals surface area contributed by atoms with Crippen molar-refractivity contribution in [1.82, 2.24) is 10.2 Å². The molecule has 0 aromatic carbocycles. The molecule has 0 saturated carbocycles. The molecular formula is C11H14N2O. The molecule has 0 bridgehead atoms. The lowest BCUT2D eigenvalue weighted by Gasteiger charge is -2.23. The van der Waals surface area contributed by atoms with Gasteiger partial charge < -0.3 is 15.0 Å². The minimum absolute atomic E-state index is 0.782. The van der Waals surface area contributed by atoms with Gasteiger partial charge in [0.25, 0.3) is 0 Å². The highest BCUT2D eigenvalue weighted by atomic mass is 16.5. The second-order valence-corrected chi connectivity index (χ2v) is 3.75. The second-order valence-electron chi connectivity index (χ2n) is 3.75. The third kappa shape index (κ3) is 1.29. The lowest BCUT2D eigenvalue weighted by molar-refractivity contribution is 0.191. The largest absolute Gasteiger partial charge is 0.488 e. The highest BCUT2D eigenvalue weighted by Crippen LogP contribution is 2.29. The average molecular weight is 190 g/mol. The molecule has 14 heavy (non-hydrogen) atoms. The molecule has 3 nitrogen and oxygen atoms in total. The lowest BCUT2D eigenvalue weighted by Crippen LogP contribution is -2.28. The van der Waals surface area contributed by atoms with Crippen molar-refractivity contribution in [2.24, 2.45) is 0 Å². The highest BCUT2D eigenvalue weighted by Gasteiger charge is 2.28. The van der Waals surface area contributed by atoms with Gasteiger partial charge in [0.1, 0.15) is 6.61 Å². The molecule has 74 valence electrons. The highest BCUT2D eigenvalue weighted by molar-refractivity contribution is 5.38. The zero-order chi connectivity index (χ0) is 9.38. The van der Waals surface area contributed by atoms with Crippen LogP contribution in [-0.4, -0.2) is 31.1 Å². The van der Waals surface area contributed by atoms with Crippen molar-refractivity contribution >= 4 is 0 Å². The first-order valence-electron chi connectivity index (χ1n) is 5.17. The SMILES string of the molecule is C1=CCC2=C(OCCN2)C(N2CC2)=C1. The quantitative estimate of drug-likeness (QED) is 0.624. The first-order chi connectivity index (χ1) is 6.95. The first-order valence-corrected chi connectivity index (χ1v) is 5.17. The number of nitrogens with one attached hydrogen (secondary N) is 1. The van der Waals surface area contributed by atoms with Gasteiger partial charge in [-0.3, -0.25) is 0 Å². The normalized spacial score (nSPS) is 24.6. The fraction of sp³-hybridized carbons (Fsp3) is 0.455. The van der Waals surface area contributed by atoms with Gasteiger partial charge in [-0.25, -0.2) is 0 Å². The van der Waals surface area contributed by atoms with E-state index in [1.54, 1.807) is 0 Å². The average Bonchev–Trinajstić information content (AvgIpc) is 3.03. The van der Waals surface area contributed by atoms with E-state index < -0.39 is 0 Å². The van der Waals surface area contributed by atoms with Gasteiger partial charge in [0, 0.05) is 26.1 Å². The molecule has 0 unspecified atom stereocenters. The van der Waals surface area contributed by atoms with Crippen molar-refractivity contribution in [3.8, 4) is 0 Å². The number of hydrogen-bond donors (Lipinski definition) is 1. The molecule has 0 aromatic heterocycles. The third-order valence-corrected chi connectivity index (χ3v) is 2.69. The van der Waals surface area contributed by atoms with E-state index in [0.29, 0.717) is 0 Å². The van der Waals surface area contributed by atoms with Crippen LogP contribution in [0.1, 0.15) is 6.42 Å². The smallest absolute Gasteiger partial charge is 0.161 e. The summed E-state index contributed by atoms with van der Waals surface area (Å²) in [5.74, 6) is 1.07. The Hall–Kier alpha value is -1.38. The summed E-state index contributed by atoms with van der Waals surface area (Å²) in [7, 11) is 0. The number of hydrogen-bond acceptors (Lipinski definition) is 3. The van der Waals surface area contributed by atoms with Crippen LogP contribution in [0, 0.1) is 0 Å². The minimum Gasteiger partial charge on any atom is -0.488 e. The molecule has 0 atom stereocenters. The molecule has 3 heteroatoms. The summed E-state index contributed by atoms with van der Waals surface area (Å²) in [6.07, 6.45) is 7.41. The van der Waals surface area contributed by atoms with E-state index in [1.807, 2.05) is 0 Å². The van der Waals surface area contributed by atoms with Crippen LogP contribution in [-0.2, 0) is 4.74 Å². The van der Waals surface area contributed by atoms with Crippen LogP contribution >= 0.6 is 0 Å². The van der Waals surface area contributed by atoms with Crippen LogP contribution < -0.4 is 5.32 Å². The zero-order valence-electron chi connectivity index (χ0n) is 8.12. The maximum absolute atomic E-state index is 5.74. The summed E-state index contributed by atoms with van der Waals surface area (Å²) >= 11 is 0. The van der Waals surface area contributed by atoms with Crippen LogP contribution in [0.5, 0.6) is 0 Å². The molecule has 1 aliphatic carbocycles. The summed E-state index contributed by atoms with van der Waals surface area (Å²) in [5, 5.41) is 3.41. The third-order valence-electron chi connectivity index (χ3n) is 2.69. The van der Waals surface area contributed by atoms with Crippen LogP contribution in [0.3, 0.4) is 0 Å². The van der Waals surface area contributed by atoms with Crippen molar-refractivity contribution in [2.75, 3.05) is 26.2 Å². The molecule has 1 saturated heterocycles. The van der Waals surface area contributed by atoms with Gasteiger partial charge in [-0.05, 0) is 6.08 Å². The Bertz CT molecular complexity index is 337. The van der Waals surface area contributed by atoms with Crippen molar-refractivity contribution < 1.29 is 4.74 Å². The van der Waals surface area contributed by atoms with Gasteiger partial charge in [0.15, 0.2) is 5.76 Å². The summed E-state index contributed by atoms with van der Waals surface area (Å²) < 4.78 is 5.74. The van der Waals surface area contributed by atoms with Crippen molar-refractivity contribution in [3.05, 3.63) is 35.4 Å². The lowest BCUT2D eigenvalue weighted by atomic mass is 10.2. The molecule has 3 rings (SSSR count). The summed E-state index contributed by atoms with van der Waals surface area (Å²) in [4.78, 5) is 2.33. The Balaban J connectivity index is 1.98. The summed E-state index contributed by atoms with van der Waals surface area (Å²) in [6, 6.07) is 0. The maximum Gasteiger partial charge on any atom is 0.161 e. The Morgan fingerprint density at radius 2 is 2.29 bits per heavy atom. The molecule has 3 aliphatic rings. The number of ether oxygens (including phenoxy) is 1. The molecule has 2 aliphatic heterocycles. The first kappa shape index (κ1) is 7.97. The van der Waals surface area contributed by atoms with Crippen molar-refractivity contribution in [2.45, 2.75) is 6.42 Å². The van der Waals surface area contributed by atoms with E-state index in [4.69, 9.17) is 4.74 Å². The van der Waals surface area contributed by atoms with E-state index >= 15 is 0 Å². The molecule has 1 fully saturated rings. The summed E-state index contributed by atoms with van der Waals surface area (Å²) in [5.41, 5.74) is 2.49. The fourth-order valence-corrected chi connectivity index (χ4v) is 1.88. The fourth-order valence-electron chi connectivity index (χ4n) is 1.88. The van der Waals surface area contributed by atoms with Crippen molar-refractivity contribution in [3.63, 3.8) is 0 Å². The van der Waals surface area contributed by atoms with Gasteiger partial charge in [0.05, 0.1) is 11.4 Å². The monoisotopic (exact) mass is 190 g/mol. The van der Waals surface area contributed by atoms with Gasteiger partial charge in [-0.1, -0.05) is 12.2 Å². The van der Waals surface area contributed by atoms with Crippen LogP contribution in [0.15, 0.2) is 35.4 Å². The van der Waals surface area contributed by atoms with Gasteiger partial charge in [-0.15, -0.1) is 0 Å². The maximum atomic E-state index is 5.74. The Morgan fingerprint density at radius 3 is 3.14 bits per heavy atom. The van der Waals surface area contributed by atoms with E-state index in [0.717, 1.165) is 25.3 Å². The van der Waals surface area contributed by atoms with Crippen LogP contribution in [0.25, 0.3) is 0 Å². The molecule has 0 spiro atoms. The van der Waals surface area contributed by atoms with Crippen LogP contribution in [0.4, 0.5) is 0 Å². The van der Waals surface area contributed by atoms with E-state index in [9.17, 15) is 0 Å². The number of allylic oxidation sites excluding steroid dienone is 3. The number of nitrogens with zero attached hydrogens (tertiary/aromatic N) is 1. The van der Waals surface area contributed by atoms with Gasteiger partial charge in [0.2, 0.25) is 0 Å². The van der Waals surface area contributed by atoms with Crippen molar-refractivity contribution in [1.29, 1.82) is 0 Å². The van der Waals surface area contributed by atoms with E-state index in [2.05, 4.69) is 28.4 Å². The van der Waals surface area contributed by atoms with Gasteiger partial charge in [-0.2, -0.15) is 0 Å². The standard InChI is InChI=1S/C11H14N2O/c1-2-4-10(13-6-7-13)11-9(3-1)12-5-8-14-11/h1-2,4,12H,3,5-8H2. The van der Waals surface area contributed by atoms with Gasteiger partial charge >= 0.3 is 0 Å². The minimum atomic E-state index is 0.782. The molecule has 0 aromatic rings. The molecule has 2 heterocycles.